The number of hydrogen-bond acceptors (Lipinski definition) is 5. The topological polar surface area (TPSA) is 128 Å². The van der Waals surface area contributed by atoms with Gasteiger partial charge in [-0.1, -0.05) is 12.1 Å². The van der Waals surface area contributed by atoms with Gasteiger partial charge in [-0.15, -0.1) is 0 Å². The lowest BCUT2D eigenvalue weighted by Crippen LogP contribution is -2.25. The first-order chi connectivity index (χ1) is 13.4. The minimum Gasteiger partial charge on any atom is -0.490 e. The second-order valence-corrected chi connectivity index (χ2v) is 5.85. The highest BCUT2D eigenvalue weighted by Gasteiger charge is 2.12. The summed E-state index contributed by atoms with van der Waals surface area (Å²) in [5, 5.41) is 11.5. The first kappa shape index (κ1) is 20.8. The van der Waals surface area contributed by atoms with E-state index in [-0.39, 0.29) is 11.7 Å². The molecule has 0 fully saturated rings. The SMILES string of the molecule is CCOc1cc(C(=O)NCCc2cccc(C(N)=O)c2)ccc1OCC(=O)O. The van der Waals surface area contributed by atoms with E-state index in [0.29, 0.717) is 36.4 Å². The van der Waals surface area contributed by atoms with Crippen molar-refractivity contribution < 1.29 is 29.0 Å². The van der Waals surface area contributed by atoms with Gasteiger partial charge in [-0.2, -0.15) is 0 Å². The molecule has 148 valence electrons. The fourth-order valence-electron chi connectivity index (χ4n) is 2.48. The summed E-state index contributed by atoms with van der Waals surface area (Å²) in [4.78, 5) is 34.2. The van der Waals surface area contributed by atoms with Gasteiger partial charge in [-0.3, -0.25) is 9.59 Å². The van der Waals surface area contributed by atoms with Crippen molar-refractivity contribution in [2.45, 2.75) is 13.3 Å². The number of aliphatic carboxylic acids is 1. The number of primary amides is 1. The van der Waals surface area contributed by atoms with E-state index in [9.17, 15) is 14.4 Å². The monoisotopic (exact) mass is 386 g/mol. The van der Waals surface area contributed by atoms with E-state index in [1.165, 1.54) is 18.2 Å². The van der Waals surface area contributed by atoms with Gasteiger partial charge in [0.2, 0.25) is 5.91 Å². The molecular formula is C20H22N2O6. The number of nitrogens with one attached hydrogen (secondary N) is 1. The zero-order valence-electron chi connectivity index (χ0n) is 15.4. The zero-order valence-corrected chi connectivity index (χ0v) is 15.4. The maximum atomic E-state index is 12.4. The molecule has 8 nitrogen and oxygen atoms in total. The van der Waals surface area contributed by atoms with E-state index in [1.54, 1.807) is 25.1 Å². The van der Waals surface area contributed by atoms with Crippen molar-refractivity contribution in [2.24, 2.45) is 5.73 Å². The quantitative estimate of drug-likeness (QED) is 0.569. The molecule has 0 saturated heterocycles. The summed E-state index contributed by atoms with van der Waals surface area (Å²) in [7, 11) is 0. The molecule has 2 rings (SSSR count). The molecule has 0 aliphatic heterocycles. The van der Waals surface area contributed by atoms with Gasteiger partial charge in [0.05, 0.1) is 6.61 Å². The summed E-state index contributed by atoms with van der Waals surface area (Å²) in [6, 6.07) is 11.4. The highest BCUT2D eigenvalue weighted by Crippen LogP contribution is 2.28. The number of benzene rings is 2. The van der Waals surface area contributed by atoms with Gasteiger partial charge in [-0.05, 0) is 49.2 Å². The molecule has 0 unspecified atom stereocenters. The second kappa shape index (κ2) is 9.96. The van der Waals surface area contributed by atoms with Crippen LogP contribution in [0.3, 0.4) is 0 Å². The van der Waals surface area contributed by atoms with Gasteiger partial charge in [0.15, 0.2) is 18.1 Å². The molecule has 0 atom stereocenters. The van der Waals surface area contributed by atoms with Gasteiger partial charge >= 0.3 is 5.97 Å². The van der Waals surface area contributed by atoms with Crippen LogP contribution in [-0.2, 0) is 11.2 Å². The minimum absolute atomic E-state index is 0.254. The van der Waals surface area contributed by atoms with Crippen molar-refractivity contribution in [3.8, 4) is 11.5 Å². The summed E-state index contributed by atoms with van der Waals surface area (Å²) >= 11 is 0. The third-order valence-corrected chi connectivity index (χ3v) is 3.77. The van der Waals surface area contributed by atoms with Crippen LogP contribution < -0.4 is 20.5 Å². The van der Waals surface area contributed by atoms with E-state index >= 15 is 0 Å². The molecule has 0 heterocycles. The molecule has 0 aliphatic rings. The number of rotatable bonds is 10. The van der Waals surface area contributed by atoms with Crippen molar-refractivity contribution in [3.05, 3.63) is 59.2 Å². The van der Waals surface area contributed by atoms with Gasteiger partial charge in [0, 0.05) is 17.7 Å². The molecule has 8 heteroatoms. The molecule has 28 heavy (non-hydrogen) atoms. The minimum atomic E-state index is -1.11. The number of hydrogen-bond donors (Lipinski definition) is 3. The standard InChI is InChI=1S/C20H22N2O6/c1-2-27-17-11-15(6-7-16(17)28-12-18(23)24)20(26)22-9-8-13-4-3-5-14(10-13)19(21)25/h3-7,10-11H,2,8-9,12H2,1H3,(H2,21,25)(H,22,26)(H,23,24). The lowest BCUT2D eigenvalue weighted by Gasteiger charge is -2.12. The van der Waals surface area contributed by atoms with Crippen molar-refractivity contribution >= 4 is 17.8 Å². The molecular weight excluding hydrogens is 364 g/mol. The van der Waals surface area contributed by atoms with Gasteiger partial charge in [-0.25, -0.2) is 4.79 Å². The van der Waals surface area contributed by atoms with Gasteiger partial charge < -0.3 is 25.6 Å². The number of carbonyl (C=O) groups excluding carboxylic acids is 2. The Kier molecular flexibility index (Phi) is 7.38. The van der Waals surface area contributed by atoms with Crippen molar-refractivity contribution in [1.29, 1.82) is 0 Å². The molecule has 2 amide bonds. The number of carboxylic acid groups (broad SMARTS) is 1. The summed E-state index contributed by atoms with van der Waals surface area (Å²) in [6.07, 6.45) is 0.533. The van der Waals surface area contributed by atoms with E-state index in [1.807, 2.05) is 6.07 Å². The highest BCUT2D eigenvalue weighted by atomic mass is 16.5. The van der Waals surface area contributed by atoms with Crippen LogP contribution in [0.1, 0.15) is 33.2 Å². The Labute approximate surface area is 162 Å². The molecule has 0 saturated carbocycles. The zero-order chi connectivity index (χ0) is 20.5. The molecule has 4 N–H and O–H groups in total. The number of carboxylic acids is 1. The number of carbonyl (C=O) groups is 3. The van der Waals surface area contributed by atoms with E-state index in [4.69, 9.17) is 20.3 Å². The number of ether oxygens (including phenoxy) is 2. The average molecular weight is 386 g/mol. The Morgan fingerprint density at radius 1 is 1.04 bits per heavy atom. The van der Waals surface area contributed by atoms with Crippen LogP contribution in [0.15, 0.2) is 42.5 Å². The molecule has 0 aliphatic carbocycles. The van der Waals surface area contributed by atoms with Crippen LogP contribution in [-0.4, -0.2) is 42.6 Å². The third-order valence-electron chi connectivity index (χ3n) is 3.77. The van der Waals surface area contributed by atoms with E-state index in [2.05, 4.69) is 5.32 Å². The fourth-order valence-corrected chi connectivity index (χ4v) is 2.48. The van der Waals surface area contributed by atoms with Crippen LogP contribution in [0, 0.1) is 0 Å². The molecule has 2 aromatic rings. The fraction of sp³-hybridized carbons (Fsp3) is 0.250. The Morgan fingerprint density at radius 3 is 2.50 bits per heavy atom. The largest absolute Gasteiger partial charge is 0.490 e. The van der Waals surface area contributed by atoms with Crippen LogP contribution >= 0.6 is 0 Å². The molecule has 0 bridgehead atoms. The highest BCUT2D eigenvalue weighted by molar-refractivity contribution is 5.95. The van der Waals surface area contributed by atoms with Gasteiger partial charge in [0.25, 0.3) is 5.91 Å². The molecule has 2 aromatic carbocycles. The first-order valence-corrected chi connectivity index (χ1v) is 8.69. The smallest absolute Gasteiger partial charge is 0.341 e. The van der Waals surface area contributed by atoms with Crippen molar-refractivity contribution in [2.75, 3.05) is 19.8 Å². The maximum absolute atomic E-state index is 12.4. The molecule has 0 radical (unpaired) electrons. The Bertz CT molecular complexity index is 866. The summed E-state index contributed by atoms with van der Waals surface area (Å²) < 4.78 is 10.6. The molecule has 0 aromatic heterocycles. The van der Waals surface area contributed by atoms with Crippen LogP contribution in [0.5, 0.6) is 11.5 Å². The second-order valence-electron chi connectivity index (χ2n) is 5.85. The summed E-state index contributed by atoms with van der Waals surface area (Å²) in [5.41, 5.74) is 6.92. The molecule has 0 spiro atoms. The normalized spacial score (nSPS) is 10.2. The number of amides is 2. The van der Waals surface area contributed by atoms with E-state index in [0.717, 1.165) is 5.56 Å². The van der Waals surface area contributed by atoms with Crippen LogP contribution in [0.25, 0.3) is 0 Å². The Morgan fingerprint density at radius 2 is 1.82 bits per heavy atom. The van der Waals surface area contributed by atoms with Crippen LogP contribution in [0.2, 0.25) is 0 Å². The van der Waals surface area contributed by atoms with E-state index < -0.39 is 18.5 Å². The Hall–Kier alpha value is -3.55. The van der Waals surface area contributed by atoms with Crippen LogP contribution in [0.4, 0.5) is 0 Å². The predicted octanol–water partition coefficient (Wildman–Crippen LogP) is 1.62. The summed E-state index contributed by atoms with van der Waals surface area (Å²) in [5.74, 6) is -1.37. The predicted molar refractivity (Wildman–Crippen MR) is 102 cm³/mol. The van der Waals surface area contributed by atoms with Crippen molar-refractivity contribution in [1.82, 2.24) is 5.32 Å². The average Bonchev–Trinajstić information content (AvgIpc) is 2.67. The van der Waals surface area contributed by atoms with Crippen molar-refractivity contribution in [3.63, 3.8) is 0 Å². The Balaban J connectivity index is 1.99. The van der Waals surface area contributed by atoms with Gasteiger partial charge in [0.1, 0.15) is 0 Å². The third kappa shape index (κ3) is 6.01. The lowest BCUT2D eigenvalue weighted by molar-refractivity contribution is -0.139. The summed E-state index contributed by atoms with van der Waals surface area (Å²) in [6.45, 7) is 1.97. The first-order valence-electron chi connectivity index (χ1n) is 8.69. The maximum Gasteiger partial charge on any atom is 0.341 e. The number of nitrogens with two attached hydrogens (primary N) is 1. The lowest BCUT2D eigenvalue weighted by atomic mass is 10.1.